The minimum Gasteiger partial charge on any atom is -0.489 e. The highest BCUT2D eigenvalue weighted by molar-refractivity contribution is 6.31. The zero-order valence-corrected chi connectivity index (χ0v) is 17.8. The van der Waals surface area contributed by atoms with Crippen LogP contribution in [0.1, 0.15) is 21.5 Å². The lowest BCUT2D eigenvalue weighted by Crippen LogP contribution is -2.45. The molecule has 11 heteroatoms. The van der Waals surface area contributed by atoms with Crippen molar-refractivity contribution in [2.24, 2.45) is 5.73 Å². The molecule has 2 amide bonds. The average molecular weight is 466 g/mol. The second-order valence-corrected chi connectivity index (χ2v) is 6.55. The van der Waals surface area contributed by atoms with Crippen LogP contribution in [0.2, 0.25) is 0 Å². The van der Waals surface area contributed by atoms with Gasteiger partial charge in [0.2, 0.25) is 0 Å². The van der Waals surface area contributed by atoms with Crippen LogP contribution >= 0.6 is 12.4 Å². The van der Waals surface area contributed by atoms with Gasteiger partial charge < -0.3 is 31.3 Å². The summed E-state index contributed by atoms with van der Waals surface area (Å²) in [6, 6.07) is 12.1. The van der Waals surface area contributed by atoms with Gasteiger partial charge in [0, 0.05) is 25.1 Å². The molecule has 0 aromatic heterocycles. The lowest BCUT2D eigenvalue weighted by atomic mass is 10.1. The molecule has 6 N–H and O–H groups in total. The Morgan fingerprint density at radius 3 is 2.28 bits per heavy atom. The number of nitrogens with one attached hydrogen (secondary N) is 2. The molecule has 10 nitrogen and oxygen atoms in total. The van der Waals surface area contributed by atoms with Crippen LogP contribution in [0.15, 0.2) is 48.5 Å². The maximum atomic E-state index is 12.0. The molecule has 2 rings (SSSR count). The number of amides is 2. The van der Waals surface area contributed by atoms with Crippen LogP contribution in [0.25, 0.3) is 0 Å². The number of benzene rings is 2. The number of hydrogen-bond donors (Lipinski definition) is 5. The van der Waals surface area contributed by atoms with Crippen LogP contribution < -0.4 is 21.1 Å². The fraction of sp³-hybridized carbons (Fsp3) is 0.238. The maximum absolute atomic E-state index is 12.0. The molecule has 0 aliphatic carbocycles. The molecule has 0 saturated carbocycles. The molecular weight excluding hydrogens is 442 g/mol. The van der Waals surface area contributed by atoms with E-state index in [0.29, 0.717) is 30.0 Å². The summed E-state index contributed by atoms with van der Waals surface area (Å²) in [5, 5.41) is 22.4. The highest BCUT2D eigenvalue weighted by atomic mass is 35.5. The first-order valence-electron chi connectivity index (χ1n) is 9.35. The van der Waals surface area contributed by atoms with Crippen molar-refractivity contribution in [1.82, 2.24) is 10.6 Å². The summed E-state index contributed by atoms with van der Waals surface area (Å²) < 4.78 is 5.70. The van der Waals surface area contributed by atoms with Crippen molar-refractivity contribution >= 4 is 36.2 Å². The Labute approximate surface area is 190 Å². The quantitative estimate of drug-likeness (QED) is 0.317. The number of rotatable bonds is 10. The lowest BCUT2D eigenvalue weighted by Gasteiger charge is -2.13. The lowest BCUT2D eigenvalue weighted by molar-refractivity contribution is -0.152. The summed E-state index contributed by atoms with van der Waals surface area (Å²) >= 11 is 0. The summed E-state index contributed by atoms with van der Waals surface area (Å²) in [7, 11) is 0. The average Bonchev–Trinajstić information content (AvgIpc) is 2.76. The standard InChI is InChI=1S/C21H23N3O7.ClH/c22-8-9-23-18(25)15-3-1-2-14(10-15)12-31-16-6-4-13(5-7-16)11-17(20(27)28)24-19(26)21(29)30;/h1-7,10,17H,8-9,11-12,22H2,(H,23,25)(H,24,26)(H,27,28)(H,29,30);1H/t17-;/m1./s1. The van der Waals surface area contributed by atoms with Gasteiger partial charge in [-0.2, -0.15) is 0 Å². The molecule has 0 spiro atoms. The molecule has 2 aromatic rings. The van der Waals surface area contributed by atoms with E-state index in [9.17, 15) is 24.3 Å². The second kappa shape index (κ2) is 12.9. The van der Waals surface area contributed by atoms with Gasteiger partial charge in [0.1, 0.15) is 18.4 Å². The molecule has 0 aliphatic rings. The van der Waals surface area contributed by atoms with Gasteiger partial charge in [-0.15, -0.1) is 12.4 Å². The molecular formula is C21H24ClN3O7. The fourth-order valence-corrected chi connectivity index (χ4v) is 2.63. The van der Waals surface area contributed by atoms with E-state index in [1.165, 1.54) is 0 Å². The fourth-order valence-electron chi connectivity index (χ4n) is 2.63. The van der Waals surface area contributed by atoms with Gasteiger partial charge in [0.05, 0.1) is 0 Å². The number of aliphatic carboxylic acids is 2. The summed E-state index contributed by atoms with van der Waals surface area (Å²) in [6.07, 6.45) is -0.0887. The minimum absolute atomic E-state index is 0. The molecule has 172 valence electrons. The van der Waals surface area contributed by atoms with E-state index in [4.69, 9.17) is 15.6 Å². The van der Waals surface area contributed by atoms with E-state index >= 15 is 0 Å². The molecule has 2 aromatic carbocycles. The normalized spacial score (nSPS) is 10.9. The highest BCUT2D eigenvalue weighted by Gasteiger charge is 2.23. The number of halogens is 1. The maximum Gasteiger partial charge on any atom is 0.394 e. The molecule has 0 radical (unpaired) electrons. The molecule has 0 fully saturated rings. The van der Waals surface area contributed by atoms with Gasteiger partial charge in [0.25, 0.3) is 5.91 Å². The zero-order valence-electron chi connectivity index (χ0n) is 16.9. The molecule has 1 atom stereocenters. The van der Waals surface area contributed by atoms with Crippen molar-refractivity contribution in [2.45, 2.75) is 19.1 Å². The van der Waals surface area contributed by atoms with E-state index in [1.807, 2.05) is 11.4 Å². The van der Waals surface area contributed by atoms with Gasteiger partial charge >= 0.3 is 17.8 Å². The molecule has 0 aliphatic heterocycles. The van der Waals surface area contributed by atoms with E-state index in [-0.39, 0.29) is 31.3 Å². The molecule has 0 saturated heterocycles. The van der Waals surface area contributed by atoms with Gasteiger partial charge in [-0.25, -0.2) is 9.59 Å². The van der Waals surface area contributed by atoms with Crippen molar-refractivity contribution in [3.8, 4) is 5.75 Å². The van der Waals surface area contributed by atoms with Crippen LogP contribution in [-0.2, 0) is 27.4 Å². The number of carboxylic acids is 2. The first-order valence-corrected chi connectivity index (χ1v) is 9.35. The smallest absolute Gasteiger partial charge is 0.394 e. The SMILES string of the molecule is Cl.NCCNC(=O)c1cccc(COc2ccc(C[C@@H](NC(=O)C(=O)O)C(=O)O)cc2)c1. The first-order chi connectivity index (χ1) is 14.8. The van der Waals surface area contributed by atoms with E-state index in [2.05, 4.69) is 5.32 Å². The number of carbonyl (C=O) groups is 4. The van der Waals surface area contributed by atoms with Crippen LogP contribution in [0.3, 0.4) is 0 Å². The zero-order chi connectivity index (χ0) is 22.8. The number of ether oxygens (including phenoxy) is 1. The van der Waals surface area contributed by atoms with Crippen molar-refractivity contribution in [2.75, 3.05) is 13.1 Å². The van der Waals surface area contributed by atoms with Crippen molar-refractivity contribution in [3.05, 3.63) is 65.2 Å². The number of hydrogen-bond acceptors (Lipinski definition) is 6. The van der Waals surface area contributed by atoms with Crippen LogP contribution in [0, 0.1) is 0 Å². The van der Waals surface area contributed by atoms with Gasteiger partial charge in [0.15, 0.2) is 0 Å². The van der Waals surface area contributed by atoms with Crippen LogP contribution in [0.5, 0.6) is 5.75 Å². The topological polar surface area (TPSA) is 168 Å². The molecule has 0 unspecified atom stereocenters. The van der Waals surface area contributed by atoms with E-state index < -0.39 is 23.9 Å². The summed E-state index contributed by atoms with van der Waals surface area (Å²) in [5.41, 5.74) is 7.23. The van der Waals surface area contributed by atoms with Gasteiger partial charge in [-0.3, -0.25) is 9.59 Å². The van der Waals surface area contributed by atoms with Crippen LogP contribution in [0.4, 0.5) is 0 Å². The van der Waals surface area contributed by atoms with Gasteiger partial charge in [-0.1, -0.05) is 24.3 Å². The Morgan fingerprint density at radius 1 is 1.00 bits per heavy atom. The summed E-state index contributed by atoms with van der Waals surface area (Å²) in [6.45, 7) is 0.947. The predicted octanol–water partition coefficient (Wildman–Crippen LogP) is 0.572. The van der Waals surface area contributed by atoms with Crippen molar-refractivity contribution in [1.29, 1.82) is 0 Å². The molecule has 32 heavy (non-hydrogen) atoms. The Bertz CT molecular complexity index is 951. The largest absolute Gasteiger partial charge is 0.489 e. The van der Waals surface area contributed by atoms with Gasteiger partial charge in [-0.05, 0) is 35.4 Å². The molecule has 0 heterocycles. The Kier molecular flexibility index (Phi) is 10.7. The Balaban J connectivity index is 0.00000512. The van der Waals surface area contributed by atoms with Crippen LogP contribution in [-0.4, -0.2) is 53.1 Å². The summed E-state index contributed by atoms with van der Waals surface area (Å²) in [4.78, 5) is 45.1. The molecule has 0 bridgehead atoms. The van der Waals surface area contributed by atoms with Crippen molar-refractivity contribution in [3.63, 3.8) is 0 Å². The highest BCUT2D eigenvalue weighted by Crippen LogP contribution is 2.16. The predicted molar refractivity (Wildman–Crippen MR) is 117 cm³/mol. The Morgan fingerprint density at radius 2 is 1.69 bits per heavy atom. The minimum atomic E-state index is -1.75. The van der Waals surface area contributed by atoms with E-state index in [0.717, 1.165) is 5.56 Å². The number of carboxylic acid groups (broad SMARTS) is 2. The summed E-state index contributed by atoms with van der Waals surface area (Å²) in [5.74, 6) is -4.18. The van der Waals surface area contributed by atoms with Crippen molar-refractivity contribution < 1.29 is 34.1 Å². The monoisotopic (exact) mass is 465 g/mol. The first kappa shape index (κ1) is 26.4. The number of carbonyl (C=O) groups excluding carboxylic acids is 2. The third-order valence-electron chi connectivity index (χ3n) is 4.19. The number of nitrogens with two attached hydrogens (primary N) is 1. The second-order valence-electron chi connectivity index (χ2n) is 6.55. The van der Waals surface area contributed by atoms with E-state index in [1.54, 1.807) is 42.5 Å². The Hall–Kier alpha value is -3.63. The third kappa shape index (κ3) is 8.25. The third-order valence-corrected chi connectivity index (χ3v) is 4.19.